The second-order valence-corrected chi connectivity index (χ2v) is 2.73. The molecule has 0 rings (SSSR count). The molecule has 0 aliphatic rings. The molecular formula is C8H16N+. The maximum atomic E-state index is 3.68. The summed E-state index contributed by atoms with van der Waals surface area (Å²) in [5, 5.41) is 0. The Hall–Kier alpha value is -0.560. The van der Waals surface area contributed by atoms with E-state index in [1.165, 1.54) is 0 Å². The van der Waals surface area contributed by atoms with Crippen molar-refractivity contribution < 1.29 is 4.48 Å². The Labute approximate surface area is 57.9 Å². The summed E-state index contributed by atoms with van der Waals surface area (Å²) in [6, 6.07) is 0. The van der Waals surface area contributed by atoms with E-state index in [9.17, 15) is 0 Å². The van der Waals surface area contributed by atoms with Gasteiger partial charge in [-0.3, -0.25) is 4.48 Å². The number of rotatable bonds is 3. The fourth-order valence-corrected chi connectivity index (χ4v) is 0.797. The molecule has 0 atom stereocenters. The summed E-state index contributed by atoms with van der Waals surface area (Å²) >= 11 is 0. The van der Waals surface area contributed by atoms with Crippen molar-refractivity contribution in [2.24, 2.45) is 0 Å². The van der Waals surface area contributed by atoms with Gasteiger partial charge < -0.3 is 0 Å². The van der Waals surface area contributed by atoms with Crippen LogP contribution < -0.4 is 0 Å². The van der Waals surface area contributed by atoms with E-state index in [1.807, 2.05) is 13.0 Å². The van der Waals surface area contributed by atoms with Crippen molar-refractivity contribution in [1.29, 1.82) is 0 Å². The first kappa shape index (κ1) is 8.44. The molecule has 0 N–H and O–H groups in total. The van der Waals surface area contributed by atoms with Gasteiger partial charge in [0.1, 0.15) is 6.54 Å². The zero-order valence-electron chi connectivity index (χ0n) is 6.59. The molecule has 0 bridgehead atoms. The molecule has 0 aliphatic heterocycles. The van der Waals surface area contributed by atoms with Crippen molar-refractivity contribution in [2.75, 3.05) is 20.6 Å². The van der Waals surface area contributed by atoms with Crippen LogP contribution in [0.15, 0.2) is 24.9 Å². The molecule has 0 saturated heterocycles. The lowest BCUT2D eigenvalue weighted by molar-refractivity contribution is -0.832. The number of quaternary nitrogens is 1. The standard InChI is InChI=1S/C8H16N/c1-5-7-9(3,4)8-6-2/h5-6,8H,1,7H2,2-4H3/q+1. The SMILES string of the molecule is C=CC[N+](C)(C)C=CC. The van der Waals surface area contributed by atoms with Crippen LogP contribution in [0.4, 0.5) is 0 Å². The lowest BCUT2D eigenvalue weighted by Crippen LogP contribution is -2.32. The van der Waals surface area contributed by atoms with E-state index in [0.717, 1.165) is 11.0 Å². The highest BCUT2D eigenvalue weighted by atomic mass is 15.3. The summed E-state index contributed by atoms with van der Waals surface area (Å²) in [6.07, 6.45) is 6.13. The van der Waals surface area contributed by atoms with Gasteiger partial charge in [-0.2, -0.15) is 0 Å². The van der Waals surface area contributed by atoms with Crippen LogP contribution in [0, 0.1) is 0 Å². The molecule has 0 radical (unpaired) electrons. The van der Waals surface area contributed by atoms with Gasteiger partial charge in [0.25, 0.3) is 0 Å². The summed E-state index contributed by atoms with van der Waals surface area (Å²) in [5.41, 5.74) is 0. The lowest BCUT2D eigenvalue weighted by Gasteiger charge is -2.22. The lowest BCUT2D eigenvalue weighted by atomic mass is 10.4. The highest BCUT2D eigenvalue weighted by Crippen LogP contribution is 1.96. The predicted octanol–water partition coefficient (Wildman–Crippen LogP) is 1.78. The third-order valence-electron chi connectivity index (χ3n) is 1.15. The average Bonchev–Trinajstić information content (AvgIpc) is 1.64. The van der Waals surface area contributed by atoms with Gasteiger partial charge in [-0.05, 0) is 19.1 Å². The summed E-state index contributed by atoms with van der Waals surface area (Å²) in [5.74, 6) is 0. The van der Waals surface area contributed by atoms with E-state index in [1.54, 1.807) is 0 Å². The molecule has 0 fully saturated rings. The highest BCUT2D eigenvalue weighted by Gasteiger charge is 2.05. The van der Waals surface area contributed by atoms with Crippen LogP contribution in [0.5, 0.6) is 0 Å². The minimum atomic E-state index is 0.889. The zero-order valence-corrected chi connectivity index (χ0v) is 6.59. The largest absolute Gasteiger partial charge is 0.299 e. The molecule has 0 aromatic heterocycles. The van der Waals surface area contributed by atoms with Crippen LogP contribution in [-0.2, 0) is 0 Å². The molecule has 0 amide bonds. The van der Waals surface area contributed by atoms with Crippen molar-refractivity contribution in [3.63, 3.8) is 0 Å². The normalized spacial score (nSPS) is 12.3. The molecular weight excluding hydrogens is 110 g/mol. The maximum Gasteiger partial charge on any atom is 0.101 e. The van der Waals surface area contributed by atoms with E-state index in [0.29, 0.717) is 0 Å². The molecule has 52 valence electrons. The number of hydrogen-bond donors (Lipinski definition) is 0. The molecule has 0 saturated carbocycles. The Kier molecular flexibility index (Phi) is 3.25. The van der Waals surface area contributed by atoms with Crippen molar-refractivity contribution >= 4 is 0 Å². The van der Waals surface area contributed by atoms with Crippen molar-refractivity contribution in [1.82, 2.24) is 0 Å². The summed E-state index contributed by atoms with van der Waals surface area (Å²) in [7, 11) is 4.28. The molecule has 0 aliphatic carbocycles. The first-order chi connectivity index (χ1) is 4.12. The summed E-state index contributed by atoms with van der Waals surface area (Å²) in [6.45, 7) is 6.70. The van der Waals surface area contributed by atoms with E-state index >= 15 is 0 Å². The van der Waals surface area contributed by atoms with Crippen molar-refractivity contribution in [3.8, 4) is 0 Å². The minimum absolute atomic E-state index is 0.889. The van der Waals surface area contributed by atoms with Gasteiger partial charge in [0.05, 0.1) is 20.3 Å². The van der Waals surface area contributed by atoms with E-state index in [4.69, 9.17) is 0 Å². The first-order valence-electron chi connectivity index (χ1n) is 3.20. The summed E-state index contributed by atoms with van der Waals surface area (Å²) < 4.78 is 0.889. The van der Waals surface area contributed by atoms with Gasteiger partial charge in [0.15, 0.2) is 0 Å². The Morgan fingerprint density at radius 2 is 2.00 bits per heavy atom. The van der Waals surface area contributed by atoms with Crippen LogP contribution in [0.2, 0.25) is 0 Å². The topological polar surface area (TPSA) is 0 Å². The van der Waals surface area contributed by atoms with Crippen molar-refractivity contribution in [3.05, 3.63) is 24.9 Å². The number of likely N-dealkylation sites (N-methyl/N-ethyl adjacent to an activating group) is 1. The van der Waals surface area contributed by atoms with Gasteiger partial charge in [-0.1, -0.05) is 6.58 Å². The molecule has 1 nitrogen and oxygen atoms in total. The van der Waals surface area contributed by atoms with E-state index in [2.05, 4.69) is 33.0 Å². The molecule has 0 unspecified atom stereocenters. The molecule has 0 heterocycles. The first-order valence-corrected chi connectivity index (χ1v) is 3.20. The average molecular weight is 126 g/mol. The summed E-state index contributed by atoms with van der Waals surface area (Å²) in [4.78, 5) is 0. The van der Waals surface area contributed by atoms with Gasteiger partial charge in [-0.15, -0.1) is 0 Å². The molecule has 0 aromatic carbocycles. The molecule has 0 spiro atoms. The van der Waals surface area contributed by atoms with Gasteiger partial charge in [-0.25, -0.2) is 0 Å². The van der Waals surface area contributed by atoms with Gasteiger partial charge in [0.2, 0.25) is 0 Å². The number of hydrogen-bond acceptors (Lipinski definition) is 0. The maximum absolute atomic E-state index is 3.68. The minimum Gasteiger partial charge on any atom is -0.299 e. The number of allylic oxidation sites excluding steroid dienone is 1. The molecule has 0 aromatic rings. The second-order valence-electron chi connectivity index (χ2n) is 2.73. The Bertz CT molecular complexity index is 112. The number of nitrogens with zero attached hydrogens (tertiary/aromatic N) is 1. The predicted molar refractivity (Wildman–Crippen MR) is 42.0 cm³/mol. The monoisotopic (exact) mass is 126 g/mol. The van der Waals surface area contributed by atoms with Crippen LogP contribution in [-0.4, -0.2) is 25.1 Å². The fraction of sp³-hybridized carbons (Fsp3) is 0.500. The third kappa shape index (κ3) is 3.98. The fourth-order valence-electron chi connectivity index (χ4n) is 0.797. The molecule has 1 heteroatoms. The van der Waals surface area contributed by atoms with Gasteiger partial charge >= 0.3 is 0 Å². The highest BCUT2D eigenvalue weighted by molar-refractivity contribution is 4.71. The van der Waals surface area contributed by atoms with Crippen LogP contribution in [0.1, 0.15) is 6.92 Å². The van der Waals surface area contributed by atoms with Crippen LogP contribution in [0.3, 0.4) is 0 Å². The quantitative estimate of drug-likeness (QED) is 0.399. The van der Waals surface area contributed by atoms with Crippen LogP contribution in [0.25, 0.3) is 0 Å². The van der Waals surface area contributed by atoms with Crippen LogP contribution >= 0.6 is 0 Å². The van der Waals surface area contributed by atoms with Crippen molar-refractivity contribution in [2.45, 2.75) is 6.92 Å². The van der Waals surface area contributed by atoms with E-state index in [-0.39, 0.29) is 0 Å². The van der Waals surface area contributed by atoms with Gasteiger partial charge in [0, 0.05) is 0 Å². The Balaban J connectivity index is 3.84. The zero-order chi connectivity index (χ0) is 7.33. The Morgan fingerprint density at radius 3 is 2.33 bits per heavy atom. The molecule has 9 heavy (non-hydrogen) atoms. The third-order valence-corrected chi connectivity index (χ3v) is 1.15. The smallest absolute Gasteiger partial charge is 0.101 e. The van der Waals surface area contributed by atoms with E-state index < -0.39 is 0 Å². The Morgan fingerprint density at radius 1 is 1.44 bits per heavy atom. The second kappa shape index (κ2) is 3.46.